The van der Waals surface area contributed by atoms with E-state index in [1.54, 1.807) is 67.6 Å². The number of carbonyl (C=O) groups is 1. The molecule has 0 saturated heterocycles. The van der Waals surface area contributed by atoms with Gasteiger partial charge < -0.3 is 0 Å². The van der Waals surface area contributed by atoms with E-state index in [0.29, 0.717) is 22.5 Å². The first-order valence-electron chi connectivity index (χ1n) is 10.2. The quantitative estimate of drug-likeness (QED) is 0.589. The third kappa shape index (κ3) is 4.27. The Morgan fingerprint density at radius 1 is 1.03 bits per heavy atom. The Bertz CT molecular complexity index is 1280. The van der Waals surface area contributed by atoms with Crippen molar-refractivity contribution in [3.63, 3.8) is 0 Å². The molecule has 0 aromatic heterocycles. The van der Waals surface area contributed by atoms with Gasteiger partial charge in [-0.2, -0.15) is 5.10 Å². The van der Waals surface area contributed by atoms with E-state index < -0.39 is 21.9 Å². The van der Waals surface area contributed by atoms with Gasteiger partial charge in [-0.15, -0.1) is 0 Å². The molecule has 32 heavy (non-hydrogen) atoms. The van der Waals surface area contributed by atoms with Gasteiger partial charge in [-0.25, -0.2) is 17.8 Å². The maximum Gasteiger partial charge on any atom is 0.261 e. The van der Waals surface area contributed by atoms with Crippen LogP contribution >= 0.6 is 0 Å². The highest BCUT2D eigenvalue weighted by Crippen LogP contribution is 2.36. The molecule has 0 fully saturated rings. The highest BCUT2D eigenvalue weighted by molar-refractivity contribution is 7.92. The lowest BCUT2D eigenvalue weighted by molar-refractivity contribution is -0.132. The summed E-state index contributed by atoms with van der Waals surface area (Å²) in [5.41, 5.74) is 1.76. The van der Waals surface area contributed by atoms with Crippen LogP contribution in [0.15, 0.2) is 88.9 Å². The number of sulfonamides is 1. The van der Waals surface area contributed by atoms with Crippen molar-refractivity contribution >= 4 is 27.3 Å². The normalized spacial score (nSPS) is 16.0. The molecule has 6 nitrogen and oxygen atoms in total. The minimum atomic E-state index is -3.82. The predicted octanol–water partition coefficient (Wildman–Crippen LogP) is 4.71. The van der Waals surface area contributed by atoms with Crippen LogP contribution in [0, 0.1) is 5.82 Å². The average Bonchev–Trinajstić information content (AvgIpc) is 3.24. The number of carbonyl (C=O) groups excluding carboxylic acids is 1. The van der Waals surface area contributed by atoms with Gasteiger partial charge in [0, 0.05) is 24.0 Å². The fraction of sp³-hybridized carbons (Fsp3) is 0.167. The van der Waals surface area contributed by atoms with Crippen molar-refractivity contribution in [1.29, 1.82) is 0 Å². The maximum atomic E-state index is 14.5. The van der Waals surface area contributed by atoms with E-state index in [0.717, 1.165) is 0 Å². The number of hydrazone groups is 1. The number of anilines is 1. The van der Waals surface area contributed by atoms with E-state index in [4.69, 9.17) is 0 Å². The zero-order chi connectivity index (χ0) is 22.7. The highest BCUT2D eigenvalue weighted by Gasteiger charge is 2.34. The van der Waals surface area contributed by atoms with Gasteiger partial charge in [0.05, 0.1) is 22.3 Å². The Balaban J connectivity index is 1.71. The molecule has 3 aromatic carbocycles. The summed E-state index contributed by atoms with van der Waals surface area (Å²) in [6, 6.07) is 20.6. The van der Waals surface area contributed by atoms with Crippen molar-refractivity contribution in [2.24, 2.45) is 5.10 Å². The molecule has 0 saturated carbocycles. The molecule has 8 heteroatoms. The molecule has 1 heterocycles. The summed E-state index contributed by atoms with van der Waals surface area (Å²) in [7, 11) is -3.82. The van der Waals surface area contributed by atoms with E-state index in [1.807, 2.05) is 0 Å². The fourth-order valence-corrected chi connectivity index (χ4v) is 4.78. The zero-order valence-electron chi connectivity index (χ0n) is 17.4. The van der Waals surface area contributed by atoms with Gasteiger partial charge in [-0.3, -0.25) is 9.52 Å². The van der Waals surface area contributed by atoms with Gasteiger partial charge in [-0.1, -0.05) is 61.5 Å². The first kappa shape index (κ1) is 21.7. The Hall–Kier alpha value is -3.52. The van der Waals surface area contributed by atoms with Crippen LogP contribution in [0.4, 0.5) is 10.1 Å². The number of rotatable bonds is 6. The number of hydrogen-bond acceptors (Lipinski definition) is 4. The summed E-state index contributed by atoms with van der Waals surface area (Å²) < 4.78 is 42.8. The predicted molar refractivity (Wildman–Crippen MR) is 121 cm³/mol. The second-order valence-corrected chi connectivity index (χ2v) is 9.03. The molecule has 0 radical (unpaired) electrons. The summed E-state index contributed by atoms with van der Waals surface area (Å²) in [5, 5.41) is 5.79. The molecule has 0 aliphatic carbocycles. The second-order valence-electron chi connectivity index (χ2n) is 7.34. The zero-order valence-corrected chi connectivity index (χ0v) is 18.2. The highest BCUT2D eigenvalue weighted by atomic mass is 32.2. The van der Waals surface area contributed by atoms with Crippen LogP contribution in [0.5, 0.6) is 0 Å². The van der Waals surface area contributed by atoms with Crippen molar-refractivity contribution in [2.75, 3.05) is 4.72 Å². The molecule has 164 valence electrons. The van der Waals surface area contributed by atoms with Gasteiger partial charge in [0.1, 0.15) is 5.82 Å². The minimum Gasteiger partial charge on any atom is -0.279 e. The van der Waals surface area contributed by atoms with Gasteiger partial charge >= 0.3 is 0 Å². The summed E-state index contributed by atoms with van der Waals surface area (Å²) in [5.74, 6) is -0.656. The van der Waals surface area contributed by atoms with Crippen LogP contribution in [0.25, 0.3) is 0 Å². The third-order valence-electron chi connectivity index (χ3n) is 5.27. The van der Waals surface area contributed by atoms with Crippen LogP contribution in [0.1, 0.15) is 36.9 Å². The number of para-hydroxylation sites is 1. The molecule has 4 rings (SSSR count). The van der Waals surface area contributed by atoms with Gasteiger partial charge in [0.25, 0.3) is 10.0 Å². The summed E-state index contributed by atoms with van der Waals surface area (Å²) in [4.78, 5) is 12.7. The molecular weight excluding hydrogens is 429 g/mol. The van der Waals surface area contributed by atoms with E-state index >= 15 is 0 Å². The topological polar surface area (TPSA) is 78.8 Å². The van der Waals surface area contributed by atoms with Gasteiger partial charge in [-0.05, 0) is 24.3 Å². The molecule has 1 atom stereocenters. The van der Waals surface area contributed by atoms with Crippen molar-refractivity contribution in [3.8, 4) is 0 Å². The molecule has 1 N–H and O–H groups in total. The van der Waals surface area contributed by atoms with Crippen LogP contribution in [0.2, 0.25) is 0 Å². The lowest BCUT2D eigenvalue weighted by Gasteiger charge is -2.21. The van der Waals surface area contributed by atoms with Crippen molar-refractivity contribution in [1.82, 2.24) is 5.01 Å². The first-order valence-corrected chi connectivity index (χ1v) is 11.7. The number of halogens is 1. The van der Waals surface area contributed by atoms with Crippen LogP contribution in [0.3, 0.4) is 0 Å². The summed E-state index contributed by atoms with van der Waals surface area (Å²) in [6.07, 6.45) is 0.473. The molecule has 0 bridgehead atoms. The number of hydrogen-bond donors (Lipinski definition) is 1. The van der Waals surface area contributed by atoms with E-state index in [1.165, 1.54) is 23.2 Å². The monoisotopic (exact) mass is 451 g/mol. The van der Waals surface area contributed by atoms with Crippen LogP contribution in [-0.2, 0) is 14.8 Å². The standard InChI is InChI=1S/C24H22FN3O3S/c1-2-24(29)28-23(18-12-6-8-14-20(18)25)16-22(26-28)19-13-7-9-15-21(19)27-32(30,31)17-10-4-3-5-11-17/h3-15,23,27H,2,16H2,1H3/t23-/m0/s1. The first-order chi connectivity index (χ1) is 15.4. The fourth-order valence-electron chi connectivity index (χ4n) is 3.68. The minimum absolute atomic E-state index is 0.134. The number of amides is 1. The molecular formula is C24H22FN3O3S. The lowest BCUT2D eigenvalue weighted by Crippen LogP contribution is -2.26. The Morgan fingerprint density at radius 3 is 2.41 bits per heavy atom. The maximum absolute atomic E-state index is 14.5. The van der Waals surface area contributed by atoms with Gasteiger partial charge in [0.15, 0.2) is 0 Å². The van der Waals surface area contributed by atoms with E-state index in [2.05, 4.69) is 9.82 Å². The average molecular weight is 452 g/mol. The molecule has 1 amide bonds. The second kappa shape index (κ2) is 8.92. The van der Waals surface area contributed by atoms with Crippen LogP contribution < -0.4 is 4.72 Å². The largest absolute Gasteiger partial charge is 0.279 e. The molecule has 1 aliphatic heterocycles. The Morgan fingerprint density at radius 2 is 1.69 bits per heavy atom. The Kier molecular flexibility index (Phi) is 6.05. The third-order valence-corrected chi connectivity index (χ3v) is 6.65. The summed E-state index contributed by atoms with van der Waals surface area (Å²) in [6.45, 7) is 1.72. The molecule has 1 aliphatic rings. The molecule has 3 aromatic rings. The number of nitrogens with one attached hydrogen (secondary N) is 1. The SMILES string of the molecule is CCC(=O)N1N=C(c2ccccc2NS(=O)(=O)c2ccccc2)C[C@H]1c1ccccc1F. The Labute approximate surface area is 186 Å². The molecule has 0 unspecified atom stereocenters. The lowest BCUT2D eigenvalue weighted by atomic mass is 9.97. The molecule has 0 spiro atoms. The van der Waals surface area contributed by atoms with E-state index in [9.17, 15) is 17.6 Å². The van der Waals surface area contributed by atoms with Crippen molar-refractivity contribution < 1.29 is 17.6 Å². The smallest absolute Gasteiger partial charge is 0.261 e. The van der Waals surface area contributed by atoms with Gasteiger partial charge in [0.2, 0.25) is 5.91 Å². The van der Waals surface area contributed by atoms with Crippen LogP contribution in [-0.4, -0.2) is 25.0 Å². The number of nitrogens with zero attached hydrogens (tertiary/aromatic N) is 2. The van der Waals surface area contributed by atoms with Crippen molar-refractivity contribution in [2.45, 2.75) is 30.7 Å². The van der Waals surface area contributed by atoms with E-state index in [-0.39, 0.29) is 23.6 Å². The summed E-state index contributed by atoms with van der Waals surface area (Å²) >= 11 is 0. The van der Waals surface area contributed by atoms with Crippen molar-refractivity contribution in [3.05, 3.63) is 95.8 Å². The number of benzene rings is 3.